The lowest BCUT2D eigenvalue weighted by Crippen LogP contribution is -2.33. The first-order valence-electron chi connectivity index (χ1n) is 4.01. The van der Waals surface area contributed by atoms with Crippen molar-refractivity contribution in [1.82, 2.24) is 10.6 Å². The first-order chi connectivity index (χ1) is 6.45. The van der Waals surface area contributed by atoms with E-state index in [-0.39, 0.29) is 25.6 Å². The van der Waals surface area contributed by atoms with Crippen molar-refractivity contribution in [3.63, 3.8) is 0 Å². The van der Waals surface area contributed by atoms with Crippen LogP contribution in [-0.4, -0.2) is 45.4 Å². The maximum atomic E-state index is 11.5. The summed E-state index contributed by atoms with van der Waals surface area (Å²) in [6.45, 7) is -1.04. The Kier molecular flexibility index (Phi) is 6.22. The topological polar surface area (TPSA) is 50.4 Å². The van der Waals surface area contributed by atoms with E-state index in [2.05, 4.69) is 15.4 Å². The zero-order chi connectivity index (χ0) is 11.0. The highest BCUT2D eigenvalue weighted by Gasteiger charge is 2.27. The van der Waals surface area contributed by atoms with Crippen LogP contribution in [-0.2, 0) is 9.53 Å². The van der Waals surface area contributed by atoms with Crippen LogP contribution >= 0.6 is 0 Å². The predicted molar refractivity (Wildman–Crippen MR) is 43.8 cm³/mol. The molecule has 0 saturated heterocycles. The smallest absolute Gasteiger partial charge is 0.371 e. The van der Waals surface area contributed by atoms with Crippen LogP contribution in [0.5, 0.6) is 0 Å². The Morgan fingerprint density at radius 2 is 2.07 bits per heavy atom. The van der Waals surface area contributed by atoms with Gasteiger partial charge in [0, 0.05) is 13.6 Å². The van der Waals surface area contributed by atoms with E-state index in [1.807, 2.05) is 0 Å². The molecule has 0 bridgehead atoms. The molecular weight excluding hydrogens is 201 g/mol. The number of rotatable bonds is 6. The van der Waals surface area contributed by atoms with E-state index in [1.165, 1.54) is 7.05 Å². The molecule has 0 heterocycles. The standard InChI is InChI=1S/C7H13F3N2O2/c1-11-6(13)4-12-2-3-14-5-7(8,9)10/h12H,2-5H2,1H3,(H,11,13). The van der Waals surface area contributed by atoms with Gasteiger partial charge in [-0.1, -0.05) is 0 Å². The van der Waals surface area contributed by atoms with Crippen molar-refractivity contribution in [2.24, 2.45) is 0 Å². The van der Waals surface area contributed by atoms with Gasteiger partial charge in [0.1, 0.15) is 6.61 Å². The third kappa shape index (κ3) is 9.27. The number of ether oxygens (including phenoxy) is 1. The van der Waals surface area contributed by atoms with Crippen LogP contribution in [0.4, 0.5) is 13.2 Å². The summed E-state index contributed by atoms with van der Waals surface area (Å²) in [7, 11) is 1.48. The molecule has 2 N–H and O–H groups in total. The Labute approximate surface area is 79.8 Å². The van der Waals surface area contributed by atoms with Gasteiger partial charge < -0.3 is 15.4 Å². The summed E-state index contributed by atoms with van der Waals surface area (Å²) in [5.74, 6) is -0.221. The largest absolute Gasteiger partial charge is 0.411 e. The van der Waals surface area contributed by atoms with Gasteiger partial charge in [-0.2, -0.15) is 13.2 Å². The average molecular weight is 214 g/mol. The van der Waals surface area contributed by atoms with Crippen LogP contribution in [0.3, 0.4) is 0 Å². The minimum Gasteiger partial charge on any atom is -0.371 e. The van der Waals surface area contributed by atoms with Crippen LogP contribution in [0.15, 0.2) is 0 Å². The van der Waals surface area contributed by atoms with Crippen LogP contribution in [0.25, 0.3) is 0 Å². The summed E-state index contributed by atoms with van der Waals surface area (Å²) < 4.78 is 38.9. The SMILES string of the molecule is CNC(=O)CNCCOCC(F)(F)F. The van der Waals surface area contributed by atoms with E-state index >= 15 is 0 Å². The van der Waals surface area contributed by atoms with Gasteiger partial charge in [-0.25, -0.2) is 0 Å². The van der Waals surface area contributed by atoms with Gasteiger partial charge >= 0.3 is 6.18 Å². The normalized spacial score (nSPS) is 11.4. The molecule has 0 atom stereocenters. The summed E-state index contributed by atoms with van der Waals surface area (Å²) in [4.78, 5) is 10.6. The van der Waals surface area contributed by atoms with Gasteiger partial charge in [0.2, 0.25) is 5.91 Å². The van der Waals surface area contributed by atoms with Crippen molar-refractivity contribution in [3.05, 3.63) is 0 Å². The van der Waals surface area contributed by atoms with E-state index in [0.717, 1.165) is 0 Å². The summed E-state index contributed by atoms with van der Waals surface area (Å²) in [6.07, 6.45) is -4.29. The minimum absolute atomic E-state index is 0.0729. The fourth-order valence-corrected chi connectivity index (χ4v) is 0.623. The summed E-state index contributed by atoms with van der Waals surface area (Å²) in [5, 5.41) is 4.98. The number of alkyl halides is 3. The molecule has 7 heteroatoms. The van der Waals surface area contributed by atoms with Gasteiger partial charge in [-0.05, 0) is 0 Å². The number of hydrogen-bond donors (Lipinski definition) is 2. The lowest BCUT2D eigenvalue weighted by atomic mass is 10.5. The lowest BCUT2D eigenvalue weighted by Gasteiger charge is -2.07. The minimum atomic E-state index is -4.29. The number of nitrogens with one attached hydrogen (secondary N) is 2. The molecule has 84 valence electrons. The second-order valence-corrected chi connectivity index (χ2v) is 2.52. The molecule has 4 nitrogen and oxygen atoms in total. The zero-order valence-electron chi connectivity index (χ0n) is 7.78. The Bertz CT molecular complexity index is 173. The zero-order valence-corrected chi connectivity index (χ0v) is 7.78. The maximum absolute atomic E-state index is 11.5. The number of amides is 1. The van der Waals surface area contributed by atoms with Gasteiger partial charge in [0.25, 0.3) is 0 Å². The third-order valence-electron chi connectivity index (χ3n) is 1.25. The molecule has 0 aromatic carbocycles. The van der Waals surface area contributed by atoms with Crippen molar-refractivity contribution in [1.29, 1.82) is 0 Å². The molecule has 0 aromatic rings. The monoisotopic (exact) mass is 214 g/mol. The van der Waals surface area contributed by atoms with Gasteiger partial charge in [0.05, 0.1) is 13.2 Å². The molecule has 0 aliphatic carbocycles. The molecule has 1 amide bonds. The molecule has 0 aromatic heterocycles. The molecule has 0 unspecified atom stereocenters. The summed E-state index contributed by atoms with van der Waals surface area (Å²) in [6, 6.07) is 0. The molecule has 0 fully saturated rings. The Balaban J connectivity index is 3.18. The Hall–Kier alpha value is -0.820. The fourth-order valence-electron chi connectivity index (χ4n) is 0.623. The van der Waals surface area contributed by atoms with Crippen molar-refractivity contribution < 1.29 is 22.7 Å². The van der Waals surface area contributed by atoms with Crippen LogP contribution in [0, 0.1) is 0 Å². The average Bonchev–Trinajstić information content (AvgIpc) is 2.08. The van der Waals surface area contributed by atoms with E-state index in [4.69, 9.17) is 0 Å². The van der Waals surface area contributed by atoms with Gasteiger partial charge in [-0.15, -0.1) is 0 Å². The predicted octanol–water partition coefficient (Wildman–Crippen LogP) is -0.0991. The first-order valence-corrected chi connectivity index (χ1v) is 4.01. The molecule has 0 saturated carbocycles. The van der Waals surface area contributed by atoms with Crippen LogP contribution in [0.2, 0.25) is 0 Å². The van der Waals surface area contributed by atoms with Crippen molar-refractivity contribution in [2.45, 2.75) is 6.18 Å². The number of carbonyl (C=O) groups excluding carboxylic acids is 1. The van der Waals surface area contributed by atoms with Crippen molar-refractivity contribution >= 4 is 5.91 Å². The highest BCUT2D eigenvalue weighted by atomic mass is 19.4. The number of likely N-dealkylation sites (N-methyl/N-ethyl adjacent to an activating group) is 1. The summed E-state index contributed by atoms with van der Waals surface area (Å²) in [5.41, 5.74) is 0. The second-order valence-electron chi connectivity index (χ2n) is 2.52. The summed E-state index contributed by atoms with van der Waals surface area (Å²) >= 11 is 0. The molecule has 0 radical (unpaired) electrons. The van der Waals surface area contributed by atoms with Gasteiger partial charge in [0.15, 0.2) is 0 Å². The molecule has 0 aliphatic heterocycles. The quantitative estimate of drug-likeness (QED) is 0.607. The fraction of sp³-hybridized carbons (Fsp3) is 0.857. The second kappa shape index (κ2) is 6.61. The molecule has 0 aliphatic rings. The van der Waals surface area contributed by atoms with Crippen molar-refractivity contribution in [3.8, 4) is 0 Å². The van der Waals surface area contributed by atoms with E-state index in [9.17, 15) is 18.0 Å². The Morgan fingerprint density at radius 3 is 2.57 bits per heavy atom. The highest BCUT2D eigenvalue weighted by molar-refractivity contribution is 5.77. The molecule has 0 spiro atoms. The highest BCUT2D eigenvalue weighted by Crippen LogP contribution is 2.13. The maximum Gasteiger partial charge on any atom is 0.411 e. The van der Waals surface area contributed by atoms with Crippen LogP contribution < -0.4 is 10.6 Å². The van der Waals surface area contributed by atoms with Crippen LogP contribution in [0.1, 0.15) is 0 Å². The first kappa shape index (κ1) is 13.2. The van der Waals surface area contributed by atoms with Crippen molar-refractivity contribution in [2.75, 3.05) is 33.4 Å². The van der Waals surface area contributed by atoms with Gasteiger partial charge in [-0.3, -0.25) is 4.79 Å². The molecule has 14 heavy (non-hydrogen) atoms. The number of halogens is 3. The van der Waals surface area contributed by atoms with E-state index in [0.29, 0.717) is 0 Å². The third-order valence-corrected chi connectivity index (χ3v) is 1.25. The lowest BCUT2D eigenvalue weighted by molar-refractivity contribution is -0.173. The van der Waals surface area contributed by atoms with E-state index in [1.54, 1.807) is 0 Å². The Morgan fingerprint density at radius 1 is 1.43 bits per heavy atom. The molecular formula is C7H13F3N2O2. The number of carbonyl (C=O) groups is 1. The van der Waals surface area contributed by atoms with E-state index < -0.39 is 12.8 Å². The number of hydrogen-bond acceptors (Lipinski definition) is 3. The molecule has 0 rings (SSSR count).